The molecule has 0 aromatic carbocycles. The zero-order chi connectivity index (χ0) is 18.1. The highest BCUT2D eigenvalue weighted by Gasteiger charge is 2.42. The average molecular weight is 347 g/mol. The number of fused-ring (bicyclic) bond motifs is 1. The van der Waals surface area contributed by atoms with Crippen LogP contribution >= 0.6 is 0 Å². The fourth-order valence-corrected chi connectivity index (χ4v) is 2.60. The monoisotopic (exact) mass is 347 g/mol. The lowest BCUT2D eigenvalue weighted by molar-refractivity contribution is -0.182. The van der Waals surface area contributed by atoms with E-state index >= 15 is 0 Å². The Hall–Kier alpha value is -1.64. The lowest BCUT2D eigenvalue weighted by Gasteiger charge is -2.26. The van der Waals surface area contributed by atoms with E-state index in [0.717, 1.165) is 0 Å². The van der Waals surface area contributed by atoms with Crippen molar-refractivity contribution in [3.8, 4) is 0 Å². The summed E-state index contributed by atoms with van der Waals surface area (Å²) in [6.07, 6.45) is -3.91. The third kappa shape index (κ3) is 4.68. The van der Waals surface area contributed by atoms with Crippen molar-refractivity contribution >= 4 is 5.91 Å². The Kier molecular flexibility index (Phi) is 5.22. The van der Waals surface area contributed by atoms with Gasteiger partial charge in [0, 0.05) is 18.5 Å². The van der Waals surface area contributed by atoms with Crippen LogP contribution in [-0.2, 0) is 24.3 Å². The van der Waals surface area contributed by atoms with Gasteiger partial charge in [0.15, 0.2) is 0 Å². The van der Waals surface area contributed by atoms with Gasteiger partial charge in [0.1, 0.15) is 11.6 Å². The maximum atomic E-state index is 12.9. The van der Waals surface area contributed by atoms with Crippen molar-refractivity contribution in [2.75, 3.05) is 0 Å². The largest absolute Gasteiger partial charge is 0.393 e. The summed E-state index contributed by atoms with van der Waals surface area (Å²) in [7, 11) is 0. The number of nitrogens with zero attached hydrogens (tertiary/aromatic N) is 3. The Balaban J connectivity index is 1.98. The highest BCUT2D eigenvalue weighted by molar-refractivity contribution is 5.81. The second kappa shape index (κ2) is 6.70. The smallest absolute Gasteiger partial charge is 0.350 e. The zero-order valence-corrected chi connectivity index (χ0v) is 14.4. The number of carbonyl (C=O) groups excluding carboxylic acids is 1. The Labute approximate surface area is 139 Å². The first-order chi connectivity index (χ1) is 11.0. The highest BCUT2D eigenvalue weighted by Crippen LogP contribution is 2.34. The minimum absolute atomic E-state index is 0.0411. The van der Waals surface area contributed by atoms with Crippen molar-refractivity contribution in [3.05, 3.63) is 11.6 Å². The number of hydrogen-bond donors (Lipinski definition) is 2. The maximum Gasteiger partial charge on any atom is 0.393 e. The van der Waals surface area contributed by atoms with Crippen LogP contribution < -0.4 is 10.6 Å². The molecule has 0 fully saturated rings. The van der Waals surface area contributed by atoms with E-state index in [9.17, 15) is 18.0 Å². The first-order valence-electron chi connectivity index (χ1n) is 8.00. The molecular weight excluding hydrogens is 323 g/mol. The van der Waals surface area contributed by atoms with Crippen molar-refractivity contribution in [1.82, 2.24) is 25.4 Å². The summed E-state index contributed by atoms with van der Waals surface area (Å²) in [6.45, 7) is 7.37. The van der Waals surface area contributed by atoms with Crippen molar-refractivity contribution in [2.24, 2.45) is 5.92 Å². The molecule has 2 rings (SSSR count). The molecule has 0 saturated heterocycles. The number of amides is 1. The Morgan fingerprint density at radius 3 is 2.58 bits per heavy atom. The third-order valence-electron chi connectivity index (χ3n) is 3.94. The van der Waals surface area contributed by atoms with Crippen molar-refractivity contribution in [1.29, 1.82) is 0 Å². The third-order valence-corrected chi connectivity index (χ3v) is 3.94. The van der Waals surface area contributed by atoms with Crippen LogP contribution in [-0.4, -0.2) is 38.4 Å². The molecule has 0 aliphatic carbocycles. The molecule has 6 nitrogen and oxygen atoms in total. The SMILES string of the molecule is C[C@H](NCc1nnc2n1C[C@H](C(F)(F)F)CC2)C(=O)NC(C)(C)C. The molecule has 1 amide bonds. The molecule has 1 aromatic heterocycles. The van der Waals surface area contributed by atoms with Gasteiger partial charge in [-0.3, -0.25) is 10.1 Å². The predicted molar refractivity (Wildman–Crippen MR) is 82.1 cm³/mol. The van der Waals surface area contributed by atoms with Crippen molar-refractivity contribution in [3.63, 3.8) is 0 Å². The van der Waals surface area contributed by atoms with Crippen LogP contribution in [0.25, 0.3) is 0 Å². The number of halogens is 3. The second-order valence-electron chi connectivity index (χ2n) is 7.26. The normalized spacial score (nSPS) is 19.7. The minimum atomic E-state index is -4.22. The van der Waals surface area contributed by atoms with E-state index in [0.29, 0.717) is 11.6 Å². The van der Waals surface area contributed by atoms with Crippen LogP contribution in [0.5, 0.6) is 0 Å². The van der Waals surface area contributed by atoms with Crippen LogP contribution in [0.15, 0.2) is 0 Å². The van der Waals surface area contributed by atoms with Crippen LogP contribution in [0.2, 0.25) is 0 Å². The number of aromatic nitrogens is 3. The van der Waals surface area contributed by atoms with E-state index < -0.39 is 18.1 Å². The Bertz CT molecular complexity index is 591. The summed E-state index contributed by atoms with van der Waals surface area (Å²) in [6, 6.07) is -0.487. The molecule has 0 unspecified atom stereocenters. The fraction of sp³-hybridized carbons (Fsp3) is 0.800. The number of aryl methyl sites for hydroxylation is 1. The van der Waals surface area contributed by atoms with Gasteiger partial charge >= 0.3 is 6.18 Å². The van der Waals surface area contributed by atoms with Gasteiger partial charge in [0.25, 0.3) is 0 Å². The first-order valence-corrected chi connectivity index (χ1v) is 8.00. The molecule has 24 heavy (non-hydrogen) atoms. The summed E-state index contributed by atoms with van der Waals surface area (Å²) >= 11 is 0. The van der Waals surface area contributed by atoms with Gasteiger partial charge in [-0.25, -0.2) is 0 Å². The number of nitrogens with one attached hydrogen (secondary N) is 2. The lowest BCUT2D eigenvalue weighted by Crippen LogP contribution is -2.49. The van der Waals surface area contributed by atoms with Crippen LogP contribution in [0.1, 0.15) is 45.8 Å². The fourth-order valence-electron chi connectivity index (χ4n) is 2.60. The van der Waals surface area contributed by atoms with Crippen molar-refractivity contribution < 1.29 is 18.0 Å². The summed E-state index contributed by atoms with van der Waals surface area (Å²) < 4.78 is 40.3. The summed E-state index contributed by atoms with van der Waals surface area (Å²) in [4.78, 5) is 12.0. The van der Waals surface area contributed by atoms with Crippen LogP contribution in [0.3, 0.4) is 0 Å². The molecule has 0 spiro atoms. The van der Waals surface area contributed by atoms with Gasteiger partial charge in [0.05, 0.1) is 18.5 Å². The standard InChI is InChI=1S/C15H24F3N5O/c1-9(13(24)20-14(2,3)4)19-7-12-22-21-11-6-5-10(8-23(11)12)15(16,17)18/h9-10,19H,5-8H2,1-4H3,(H,20,24)/t9-,10+/m0/s1. The zero-order valence-electron chi connectivity index (χ0n) is 14.4. The summed E-state index contributed by atoms with van der Waals surface area (Å²) in [5, 5.41) is 13.8. The van der Waals surface area contributed by atoms with E-state index in [1.54, 1.807) is 6.92 Å². The molecule has 1 aliphatic rings. The number of rotatable bonds is 4. The Morgan fingerprint density at radius 2 is 2.00 bits per heavy atom. The van der Waals surface area contributed by atoms with E-state index in [-0.39, 0.29) is 37.4 Å². The first kappa shape index (κ1) is 18.7. The van der Waals surface area contributed by atoms with Gasteiger partial charge in [-0.1, -0.05) is 0 Å². The molecule has 1 aliphatic heterocycles. The van der Waals surface area contributed by atoms with Gasteiger partial charge < -0.3 is 9.88 Å². The van der Waals surface area contributed by atoms with E-state index in [1.165, 1.54) is 4.57 Å². The van der Waals surface area contributed by atoms with Gasteiger partial charge in [-0.15, -0.1) is 10.2 Å². The Morgan fingerprint density at radius 1 is 1.33 bits per heavy atom. The van der Waals surface area contributed by atoms with Crippen LogP contribution in [0, 0.1) is 5.92 Å². The summed E-state index contributed by atoms with van der Waals surface area (Å²) in [5.41, 5.74) is -0.346. The molecule has 9 heteroatoms. The van der Waals surface area contributed by atoms with Crippen LogP contribution in [0.4, 0.5) is 13.2 Å². The van der Waals surface area contributed by atoms with Gasteiger partial charge in [-0.05, 0) is 34.1 Å². The molecule has 0 bridgehead atoms. The summed E-state index contributed by atoms with van der Waals surface area (Å²) in [5.74, 6) is -0.552. The molecule has 2 atom stereocenters. The lowest BCUT2D eigenvalue weighted by atomic mass is 9.99. The van der Waals surface area contributed by atoms with Crippen molar-refractivity contribution in [2.45, 2.75) is 71.4 Å². The topological polar surface area (TPSA) is 71.8 Å². The van der Waals surface area contributed by atoms with E-state index in [1.807, 2.05) is 20.8 Å². The average Bonchev–Trinajstić information content (AvgIpc) is 2.84. The van der Waals surface area contributed by atoms with Gasteiger partial charge in [-0.2, -0.15) is 13.2 Å². The molecule has 1 aromatic rings. The number of alkyl halides is 3. The predicted octanol–water partition coefficient (Wildman–Crippen LogP) is 1.80. The molecule has 0 radical (unpaired) electrons. The van der Waals surface area contributed by atoms with E-state index in [4.69, 9.17) is 0 Å². The molecule has 2 N–H and O–H groups in total. The molecule has 136 valence electrons. The maximum absolute atomic E-state index is 12.9. The van der Waals surface area contributed by atoms with E-state index in [2.05, 4.69) is 20.8 Å². The molecule has 2 heterocycles. The number of carbonyl (C=O) groups is 1. The highest BCUT2D eigenvalue weighted by atomic mass is 19.4. The minimum Gasteiger partial charge on any atom is -0.350 e. The quantitative estimate of drug-likeness (QED) is 0.871. The number of hydrogen-bond acceptors (Lipinski definition) is 4. The van der Waals surface area contributed by atoms with Gasteiger partial charge in [0.2, 0.25) is 5.91 Å². The molecular formula is C15H24F3N5O. The second-order valence-corrected chi connectivity index (χ2v) is 7.26. The molecule has 0 saturated carbocycles.